The number of hydrogen-bond donors (Lipinski definition) is 0. The summed E-state index contributed by atoms with van der Waals surface area (Å²) in [5.41, 5.74) is 3.06. The summed E-state index contributed by atoms with van der Waals surface area (Å²) < 4.78 is 7.52. The Morgan fingerprint density at radius 2 is 1.89 bits per heavy atom. The van der Waals surface area contributed by atoms with Crippen LogP contribution in [-0.4, -0.2) is 29.1 Å². The summed E-state index contributed by atoms with van der Waals surface area (Å²) >= 11 is 0. The minimum Gasteiger partial charge on any atom is -0.497 e. The molecule has 140 valence electrons. The first-order valence-electron chi connectivity index (χ1n) is 9.46. The molecule has 0 radical (unpaired) electrons. The van der Waals surface area contributed by atoms with E-state index in [1.54, 1.807) is 7.11 Å². The van der Waals surface area contributed by atoms with Crippen LogP contribution < -0.4 is 9.64 Å². The molecule has 1 saturated heterocycles. The van der Waals surface area contributed by atoms with Crippen molar-refractivity contribution in [2.75, 3.05) is 18.6 Å². The number of fused-ring (bicyclic) bond motifs is 1. The van der Waals surface area contributed by atoms with Gasteiger partial charge in [0.05, 0.1) is 18.1 Å². The van der Waals surface area contributed by atoms with E-state index >= 15 is 0 Å². The minimum absolute atomic E-state index is 0.103. The fourth-order valence-corrected chi connectivity index (χ4v) is 3.86. The molecule has 0 bridgehead atoms. The number of rotatable bonds is 5. The highest BCUT2D eigenvalue weighted by molar-refractivity contribution is 5.96. The van der Waals surface area contributed by atoms with Gasteiger partial charge in [0, 0.05) is 31.1 Å². The van der Waals surface area contributed by atoms with Crippen LogP contribution in [0.3, 0.4) is 0 Å². The van der Waals surface area contributed by atoms with Gasteiger partial charge in [-0.25, -0.2) is 4.98 Å². The molecular weight excluding hydrogens is 338 g/mol. The number of ether oxygens (including phenoxy) is 1. The minimum atomic E-state index is 0.103. The predicted octanol–water partition coefficient (Wildman–Crippen LogP) is 4.22. The fraction of sp³-hybridized carbons (Fsp3) is 0.364. The molecule has 1 fully saturated rings. The van der Waals surface area contributed by atoms with Crippen molar-refractivity contribution in [1.29, 1.82) is 0 Å². The number of para-hydroxylation sites is 2. The van der Waals surface area contributed by atoms with Gasteiger partial charge in [-0.2, -0.15) is 0 Å². The number of imidazole rings is 1. The molecule has 0 aliphatic carbocycles. The molecule has 5 nitrogen and oxygen atoms in total. The van der Waals surface area contributed by atoms with Crippen LogP contribution in [0.25, 0.3) is 11.0 Å². The Bertz CT molecular complexity index is 959. The molecule has 3 aromatic rings. The van der Waals surface area contributed by atoms with Crippen molar-refractivity contribution >= 4 is 22.6 Å². The third-order valence-electron chi connectivity index (χ3n) is 5.11. The van der Waals surface area contributed by atoms with E-state index in [0.717, 1.165) is 34.8 Å². The second-order valence-electron chi connectivity index (χ2n) is 7.57. The molecule has 1 amide bonds. The van der Waals surface area contributed by atoms with E-state index in [1.165, 1.54) is 0 Å². The Morgan fingerprint density at radius 1 is 1.15 bits per heavy atom. The number of nitrogens with zero attached hydrogens (tertiary/aromatic N) is 3. The van der Waals surface area contributed by atoms with E-state index in [1.807, 2.05) is 47.4 Å². The molecule has 1 atom stereocenters. The first kappa shape index (κ1) is 17.6. The van der Waals surface area contributed by atoms with Crippen molar-refractivity contribution < 1.29 is 9.53 Å². The van der Waals surface area contributed by atoms with Gasteiger partial charge in [0.2, 0.25) is 5.91 Å². The van der Waals surface area contributed by atoms with Gasteiger partial charge in [-0.1, -0.05) is 26.0 Å². The van der Waals surface area contributed by atoms with E-state index in [4.69, 9.17) is 9.72 Å². The summed E-state index contributed by atoms with van der Waals surface area (Å²) in [7, 11) is 1.64. The van der Waals surface area contributed by atoms with Crippen molar-refractivity contribution in [3.05, 3.63) is 54.4 Å². The van der Waals surface area contributed by atoms with Crippen molar-refractivity contribution in [3.8, 4) is 5.75 Å². The zero-order valence-electron chi connectivity index (χ0n) is 16.1. The van der Waals surface area contributed by atoms with E-state index in [0.29, 0.717) is 18.9 Å². The van der Waals surface area contributed by atoms with Crippen molar-refractivity contribution in [2.24, 2.45) is 5.92 Å². The molecule has 0 saturated carbocycles. The predicted molar refractivity (Wildman–Crippen MR) is 107 cm³/mol. The Kier molecular flexibility index (Phi) is 4.60. The topological polar surface area (TPSA) is 47.4 Å². The molecule has 4 rings (SSSR count). The maximum absolute atomic E-state index is 12.7. The number of benzene rings is 2. The monoisotopic (exact) mass is 363 g/mol. The molecule has 1 aromatic heterocycles. The van der Waals surface area contributed by atoms with Gasteiger partial charge in [0.25, 0.3) is 0 Å². The largest absolute Gasteiger partial charge is 0.497 e. The first-order valence-corrected chi connectivity index (χ1v) is 9.46. The highest BCUT2D eigenvalue weighted by Crippen LogP contribution is 2.34. The smallest absolute Gasteiger partial charge is 0.227 e. The SMILES string of the molecule is COc1ccc(N2CC(c3nc4ccccc4n3CC(C)C)CC2=O)cc1. The second kappa shape index (κ2) is 7.06. The summed E-state index contributed by atoms with van der Waals surface area (Å²) in [6.45, 7) is 5.99. The maximum atomic E-state index is 12.7. The lowest BCUT2D eigenvalue weighted by Gasteiger charge is -2.18. The number of hydrogen-bond acceptors (Lipinski definition) is 3. The lowest BCUT2D eigenvalue weighted by Crippen LogP contribution is -2.24. The highest BCUT2D eigenvalue weighted by atomic mass is 16.5. The molecule has 2 heterocycles. The lowest BCUT2D eigenvalue weighted by molar-refractivity contribution is -0.117. The number of aromatic nitrogens is 2. The average molecular weight is 363 g/mol. The van der Waals surface area contributed by atoms with Crippen molar-refractivity contribution in [1.82, 2.24) is 9.55 Å². The maximum Gasteiger partial charge on any atom is 0.227 e. The van der Waals surface area contributed by atoms with Crippen LogP contribution in [-0.2, 0) is 11.3 Å². The Labute approximate surface area is 159 Å². The van der Waals surface area contributed by atoms with Crippen LogP contribution in [0.4, 0.5) is 5.69 Å². The third kappa shape index (κ3) is 3.29. The van der Waals surface area contributed by atoms with Gasteiger partial charge in [-0.3, -0.25) is 4.79 Å². The van der Waals surface area contributed by atoms with Crippen molar-refractivity contribution in [2.45, 2.75) is 32.7 Å². The quantitative estimate of drug-likeness (QED) is 0.682. The number of carbonyl (C=O) groups is 1. The average Bonchev–Trinajstić information content (AvgIpc) is 3.22. The number of anilines is 1. The van der Waals surface area contributed by atoms with E-state index in [2.05, 4.69) is 24.5 Å². The number of amides is 1. The van der Waals surface area contributed by atoms with Crippen LogP contribution in [0.15, 0.2) is 48.5 Å². The second-order valence-corrected chi connectivity index (χ2v) is 7.57. The Balaban J connectivity index is 1.67. The van der Waals surface area contributed by atoms with E-state index in [9.17, 15) is 4.79 Å². The van der Waals surface area contributed by atoms with Crippen LogP contribution in [0, 0.1) is 5.92 Å². The highest BCUT2D eigenvalue weighted by Gasteiger charge is 2.34. The first-order chi connectivity index (χ1) is 13.1. The van der Waals surface area contributed by atoms with Crippen LogP contribution in [0.1, 0.15) is 32.0 Å². The van der Waals surface area contributed by atoms with E-state index < -0.39 is 0 Å². The molecule has 0 spiro atoms. The molecule has 1 aliphatic heterocycles. The van der Waals surface area contributed by atoms with Gasteiger partial charge >= 0.3 is 0 Å². The summed E-state index contributed by atoms with van der Waals surface area (Å²) in [6.07, 6.45) is 0.493. The molecule has 0 N–H and O–H groups in total. The van der Waals surface area contributed by atoms with Crippen LogP contribution >= 0.6 is 0 Å². The molecule has 5 heteroatoms. The van der Waals surface area contributed by atoms with Gasteiger partial charge in [0.15, 0.2) is 0 Å². The van der Waals surface area contributed by atoms with E-state index in [-0.39, 0.29) is 11.8 Å². The molecular formula is C22H25N3O2. The molecule has 1 aliphatic rings. The zero-order valence-corrected chi connectivity index (χ0v) is 16.1. The van der Waals surface area contributed by atoms with Gasteiger partial charge in [-0.15, -0.1) is 0 Å². The summed E-state index contributed by atoms with van der Waals surface area (Å²) in [6, 6.07) is 15.9. The number of methoxy groups -OCH3 is 1. The lowest BCUT2D eigenvalue weighted by atomic mass is 10.1. The third-order valence-corrected chi connectivity index (χ3v) is 5.11. The van der Waals surface area contributed by atoms with Crippen LogP contribution in [0.5, 0.6) is 5.75 Å². The molecule has 1 unspecified atom stereocenters. The standard InChI is InChI=1S/C22H25N3O2/c1-15(2)13-25-20-7-5-4-6-19(20)23-22(25)16-12-21(26)24(14-16)17-8-10-18(27-3)11-9-17/h4-11,15-16H,12-14H2,1-3H3. The molecule has 27 heavy (non-hydrogen) atoms. The summed E-state index contributed by atoms with van der Waals surface area (Å²) in [4.78, 5) is 19.5. The molecule has 2 aromatic carbocycles. The summed E-state index contributed by atoms with van der Waals surface area (Å²) in [5, 5.41) is 0. The Morgan fingerprint density at radius 3 is 2.59 bits per heavy atom. The van der Waals surface area contributed by atoms with Crippen molar-refractivity contribution in [3.63, 3.8) is 0 Å². The number of carbonyl (C=O) groups excluding carboxylic acids is 1. The fourth-order valence-electron chi connectivity index (χ4n) is 3.86. The Hall–Kier alpha value is -2.82. The zero-order chi connectivity index (χ0) is 19.0. The normalized spacial score (nSPS) is 17.3. The van der Waals surface area contributed by atoms with Gasteiger partial charge < -0.3 is 14.2 Å². The summed E-state index contributed by atoms with van der Waals surface area (Å²) in [5.74, 6) is 2.57. The van der Waals surface area contributed by atoms with Gasteiger partial charge in [-0.05, 0) is 42.3 Å². The van der Waals surface area contributed by atoms with Crippen LogP contribution in [0.2, 0.25) is 0 Å². The van der Waals surface area contributed by atoms with Gasteiger partial charge in [0.1, 0.15) is 11.6 Å².